The molecule has 0 unspecified atom stereocenters. The van der Waals surface area contributed by atoms with E-state index in [0.717, 1.165) is 16.7 Å². The zero-order valence-electron chi connectivity index (χ0n) is 24.7. The van der Waals surface area contributed by atoms with Crippen LogP contribution in [0, 0.1) is 5.92 Å². The fourth-order valence-corrected chi connectivity index (χ4v) is 4.93. The molecule has 3 aromatic carbocycles. The summed E-state index contributed by atoms with van der Waals surface area (Å²) in [5.41, 5.74) is 1.03. The maximum atomic E-state index is 13.9. The Morgan fingerprint density at radius 1 is 0.829 bits per heavy atom. The van der Waals surface area contributed by atoms with Crippen LogP contribution in [-0.2, 0) is 24.7 Å². The molecule has 0 bridgehead atoms. The molecule has 2 atom stereocenters. The van der Waals surface area contributed by atoms with Crippen LogP contribution in [0.15, 0.2) is 91.0 Å². The van der Waals surface area contributed by atoms with Gasteiger partial charge in [-0.1, -0.05) is 105 Å². The van der Waals surface area contributed by atoms with Crippen molar-refractivity contribution in [2.24, 2.45) is 5.92 Å². The number of carbonyl (C=O) groups is 3. The van der Waals surface area contributed by atoms with Crippen molar-refractivity contribution in [3.63, 3.8) is 0 Å². The molecular formula is C34H42N2O5. The van der Waals surface area contributed by atoms with Crippen LogP contribution in [0.3, 0.4) is 0 Å². The van der Waals surface area contributed by atoms with Crippen molar-refractivity contribution < 1.29 is 24.2 Å². The highest BCUT2D eigenvalue weighted by atomic mass is 16.5. The van der Waals surface area contributed by atoms with Gasteiger partial charge in [0.05, 0.1) is 18.6 Å². The number of benzene rings is 3. The summed E-state index contributed by atoms with van der Waals surface area (Å²) in [5, 5.41) is 13.5. The lowest BCUT2D eigenvalue weighted by molar-refractivity contribution is -0.153. The number of carboxylic acids is 1. The monoisotopic (exact) mass is 558 g/mol. The fourth-order valence-electron chi connectivity index (χ4n) is 4.93. The van der Waals surface area contributed by atoms with E-state index in [1.165, 1.54) is 4.90 Å². The number of nitrogens with one attached hydrogen (secondary N) is 1. The third-order valence-corrected chi connectivity index (χ3v) is 6.92. The highest BCUT2D eigenvalue weighted by Crippen LogP contribution is 2.37. The van der Waals surface area contributed by atoms with Crippen LogP contribution in [0.25, 0.3) is 0 Å². The van der Waals surface area contributed by atoms with E-state index in [1.807, 2.05) is 119 Å². The number of carboxylic acid groups (broad SMARTS) is 1. The molecule has 3 rings (SSSR count). The predicted molar refractivity (Wildman–Crippen MR) is 160 cm³/mol. The number of hydrogen-bond acceptors (Lipinski definition) is 4. The van der Waals surface area contributed by atoms with Crippen LogP contribution < -0.4 is 5.32 Å². The van der Waals surface area contributed by atoms with Crippen molar-refractivity contribution in [2.75, 3.05) is 13.2 Å². The van der Waals surface area contributed by atoms with Gasteiger partial charge >= 0.3 is 5.97 Å². The van der Waals surface area contributed by atoms with Crippen molar-refractivity contribution in [3.05, 3.63) is 108 Å². The molecule has 0 fully saturated rings. The zero-order valence-corrected chi connectivity index (χ0v) is 24.7. The van der Waals surface area contributed by atoms with E-state index in [-0.39, 0.29) is 30.4 Å². The summed E-state index contributed by atoms with van der Waals surface area (Å²) in [6, 6.07) is 27.5. The molecule has 0 aliphatic rings. The summed E-state index contributed by atoms with van der Waals surface area (Å²) >= 11 is 0. The largest absolute Gasteiger partial charge is 0.480 e. The van der Waals surface area contributed by atoms with E-state index in [0.29, 0.717) is 6.61 Å². The summed E-state index contributed by atoms with van der Waals surface area (Å²) in [7, 11) is 0. The first-order valence-corrected chi connectivity index (χ1v) is 14.1. The number of hydrogen-bond donors (Lipinski definition) is 2. The molecule has 0 radical (unpaired) electrons. The average molecular weight is 559 g/mol. The van der Waals surface area contributed by atoms with E-state index < -0.39 is 29.9 Å². The summed E-state index contributed by atoms with van der Waals surface area (Å²) in [6.07, 6.45) is -0.275. The van der Waals surface area contributed by atoms with Gasteiger partial charge in [-0.25, -0.2) is 4.79 Å². The van der Waals surface area contributed by atoms with E-state index in [1.54, 1.807) is 6.92 Å². The Hall–Kier alpha value is -3.97. The topological polar surface area (TPSA) is 95.9 Å². The van der Waals surface area contributed by atoms with Crippen molar-refractivity contribution >= 4 is 17.8 Å². The number of nitrogens with zero attached hydrogens (tertiary/aromatic N) is 1. The Morgan fingerprint density at radius 3 is 1.63 bits per heavy atom. The highest BCUT2D eigenvalue weighted by molar-refractivity contribution is 5.89. The lowest BCUT2D eigenvalue weighted by Crippen LogP contribution is -2.53. The van der Waals surface area contributed by atoms with Gasteiger partial charge in [0, 0.05) is 13.0 Å². The maximum absolute atomic E-state index is 13.9. The second-order valence-electron chi connectivity index (χ2n) is 11.4. The zero-order chi connectivity index (χ0) is 30.0. The van der Waals surface area contributed by atoms with Gasteiger partial charge in [-0.15, -0.1) is 0 Å². The second kappa shape index (κ2) is 14.1. The quantitative estimate of drug-likeness (QED) is 0.265. The lowest BCUT2D eigenvalue weighted by atomic mass is 9.77. The van der Waals surface area contributed by atoms with Crippen LogP contribution in [0.4, 0.5) is 0 Å². The first-order chi connectivity index (χ1) is 19.5. The molecule has 2 N–H and O–H groups in total. The van der Waals surface area contributed by atoms with Gasteiger partial charge < -0.3 is 20.1 Å². The van der Waals surface area contributed by atoms with Gasteiger partial charge in [0.1, 0.15) is 11.6 Å². The Morgan fingerprint density at radius 2 is 1.27 bits per heavy atom. The summed E-state index contributed by atoms with van der Waals surface area (Å²) in [4.78, 5) is 40.8. The van der Waals surface area contributed by atoms with Crippen molar-refractivity contribution in [3.8, 4) is 0 Å². The van der Waals surface area contributed by atoms with Gasteiger partial charge in [-0.05, 0) is 43.4 Å². The van der Waals surface area contributed by atoms with Gasteiger partial charge in [0.25, 0.3) is 0 Å². The second-order valence-corrected chi connectivity index (χ2v) is 11.4. The van der Waals surface area contributed by atoms with Gasteiger partial charge in [-0.2, -0.15) is 0 Å². The normalized spacial score (nSPS) is 13.2. The molecule has 3 aromatic rings. The molecule has 2 amide bonds. The molecule has 218 valence electrons. The third-order valence-electron chi connectivity index (χ3n) is 6.92. The molecule has 0 heterocycles. The number of ether oxygens (including phenoxy) is 1. The predicted octanol–water partition coefficient (Wildman–Crippen LogP) is 5.63. The number of amides is 2. The van der Waals surface area contributed by atoms with Gasteiger partial charge in [0.2, 0.25) is 11.8 Å². The molecule has 0 aromatic heterocycles. The Kier molecular flexibility index (Phi) is 10.8. The molecule has 0 aliphatic heterocycles. The molecule has 7 nitrogen and oxygen atoms in total. The van der Waals surface area contributed by atoms with E-state index >= 15 is 0 Å². The van der Waals surface area contributed by atoms with E-state index in [2.05, 4.69) is 5.32 Å². The van der Waals surface area contributed by atoms with Crippen LogP contribution in [0.5, 0.6) is 0 Å². The Labute approximate surface area is 243 Å². The summed E-state index contributed by atoms with van der Waals surface area (Å²) in [6.45, 7) is 9.94. The van der Waals surface area contributed by atoms with Gasteiger partial charge in [0.15, 0.2) is 0 Å². The SMILES string of the molecule is CCC(=O)N(C[C@@H](C)COC(C)(C)C)[C@@H](CC(=O)NC(c1ccccc1)(c1ccccc1)c1ccccc1)C(=O)O. The minimum Gasteiger partial charge on any atom is -0.480 e. The lowest BCUT2D eigenvalue weighted by Gasteiger charge is -2.38. The number of aliphatic carboxylic acids is 1. The van der Waals surface area contributed by atoms with Crippen molar-refractivity contribution in [1.29, 1.82) is 0 Å². The minimum atomic E-state index is -1.33. The maximum Gasteiger partial charge on any atom is 0.326 e. The minimum absolute atomic E-state index is 0.125. The fraction of sp³-hybridized carbons (Fsp3) is 0.382. The van der Waals surface area contributed by atoms with Crippen LogP contribution in [-0.4, -0.2) is 52.6 Å². The molecule has 0 aliphatic carbocycles. The first kappa shape index (κ1) is 31.6. The third kappa shape index (κ3) is 8.27. The first-order valence-electron chi connectivity index (χ1n) is 14.1. The standard InChI is InChI=1S/C34H42N2O5/c1-6-31(38)36(23-25(2)24-41-33(3,4)5)29(32(39)40)22-30(37)35-34(26-16-10-7-11-17-26,27-18-12-8-13-19-27)28-20-14-9-15-21-28/h7-21,25,29H,6,22-24H2,1-5H3,(H,35,37)(H,39,40)/t25-,29+/m1/s1. The molecule has 41 heavy (non-hydrogen) atoms. The van der Waals surface area contributed by atoms with Gasteiger partial charge in [-0.3, -0.25) is 9.59 Å². The average Bonchev–Trinajstić information content (AvgIpc) is 2.97. The molecular weight excluding hydrogens is 516 g/mol. The Bertz CT molecular complexity index is 1180. The number of rotatable bonds is 13. The molecule has 0 saturated heterocycles. The molecule has 0 spiro atoms. The van der Waals surface area contributed by atoms with Crippen LogP contribution in [0.1, 0.15) is 64.2 Å². The van der Waals surface area contributed by atoms with E-state index in [9.17, 15) is 19.5 Å². The smallest absolute Gasteiger partial charge is 0.326 e. The highest BCUT2D eigenvalue weighted by Gasteiger charge is 2.40. The van der Waals surface area contributed by atoms with Crippen molar-refractivity contribution in [1.82, 2.24) is 10.2 Å². The van der Waals surface area contributed by atoms with E-state index in [4.69, 9.17) is 4.74 Å². The van der Waals surface area contributed by atoms with Crippen LogP contribution in [0.2, 0.25) is 0 Å². The summed E-state index contributed by atoms with van der Waals surface area (Å²) in [5.74, 6) is -2.17. The Balaban J connectivity index is 2.00. The molecule has 7 heteroatoms. The summed E-state index contributed by atoms with van der Waals surface area (Å²) < 4.78 is 5.87. The van der Waals surface area contributed by atoms with Crippen LogP contribution >= 0.6 is 0 Å². The van der Waals surface area contributed by atoms with Crippen molar-refractivity contribution in [2.45, 2.75) is 64.6 Å². The number of carbonyl (C=O) groups excluding carboxylic acids is 2. The molecule has 0 saturated carbocycles.